The number of rotatable bonds is 5. The molecule has 0 N–H and O–H groups in total. The SMILES string of the molecule is FC(F)c1nnc(N2CCC[C@@H](COc3ccccc3)C2)s1. The lowest BCUT2D eigenvalue weighted by Gasteiger charge is -2.32. The van der Waals surface area contributed by atoms with E-state index in [9.17, 15) is 8.78 Å². The van der Waals surface area contributed by atoms with Gasteiger partial charge in [0.15, 0.2) is 5.01 Å². The number of aromatic nitrogens is 2. The summed E-state index contributed by atoms with van der Waals surface area (Å²) in [6.07, 6.45) is -0.468. The number of anilines is 1. The molecule has 3 rings (SSSR count). The van der Waals surface area contributed by atoms with Crippen LogP contribution in [0.5, 0.6) is 5.75 Å². The van der Waals surface area contributed by atoms with Crippen LogP contribution < -0.4 is 9.64 Å². The maximum Gasteiger partial charge on any atom is 0.291 e. The number of benzene rings is 1. The zero-order valence-corrected chi connectivity index (χ0v) is 12.8. The fraction of sp³-hybridized carbons (Fsp3) is 0.467. The number of nitrogens with zero attached hydrogens (tertiary/aromatic N) is 3. The highest BCUT2D eigenvalue weighted by Crippen LogP contribution is 2.30. The molecule has 2 aromatic rings. The van der Waals surface area contributed by atoms with Gasteiger partial charge in [-0.3, -0.25) is 0 Å². The van der Waals surface area contributed by atoms with Crippen LogP contribution in [0.4, 0.5) is 13.9 Å². The van der Waals surface area contributed by atoms with E-state index in [1.165, 1.54) is 0 Å². The van der Waals surface area contributed by atoms with Crippen molar-refractivity contribution in [1.82, 2.24) is 10.2 Å². The van der Waals surface area contributed by atoms with E-state index in [-0.39, 0.29) is 5.01 Å². The number of ether oxygens (including phenoxy) is 1. The first-order chi connectivity index (χ1) is 10.7. The molecule has 0 saturated carbocycles. The Labute approximate surface area is 131 Å². The minimum absolute atomic E-state index is 0.211. The molecule has 1 aliphatic heterocycles. The maximum absolute atomic E-state index is 12.6. The summed E-state index contributed by atoms with van der Waals surface area (Å²) >= 11 is 0.977. The van der Waals surface area contributed by atoms with Gasteiger partial charge in [0.25, 0.3) is 6.43 Å². The van der Waals surface area contributed by atoms with Crippen molar-refractivity contribution in [2.75, 3.05) is 24.6 Å². The third kappa shape index (κ3) is 3.71. The summed E-state index contributed by atoms with van der Waals surface area (Å²) in [6.45, 7) is 2.23. The molecular formula is C15H17F2N3OS. The first-order valence-corrected chi connectivity index (χ1v) is 8.08. The Kier molecular flexibility index (Phi) is 4.82. The minimum Gasteiger partial charge on any atom is -0.493 e. The molecule has 0 bridgehead atoms. The van der Waals surface area contributed by atoms with Gasteiger partial charge in [-0.25, -0.2) is 8.78 Å². The van der Waals surface area contributed by atoms with Gasteiger partial charge in [-0.2, -0.15) is 0 Å². The predicted molar refractivity (Wildman–Crippen MR) is 81.7 cm³/mol. The smallest absolute Gasteiger partial charge is 0.291 e. The first-order valence-electron chi connectivity index (χ1n) is 7.26. The van der Waals surface area contributed by atoms with Crippen molar-refractivity contribution >= 4 is 16.5 Å². The highest BCUT2D eigenvalue weighted by atomic mass is 32.1. The molecular weight excluding hydrogens is 308 g/mol. The van der Waals surface area contributed by atoms with E-state index in [0.29, 0.717) is 17.7 Å². The highest BCUT2D eigenvalue weighted by Gasteiger charge is 2.24. The molecule has 0 spiro atoms. The summed E-state index contributed by atoms with van der Waals surface area (Å²) in [5.41, 5.74) is 0. The van der Waals surface area contributed by atoms with E-state index in [0.717, 1.165) is 43.0 Å². The van der Waals surface area contributed by atoms with Gasteiger partial charge in [-0.05, 0) is 25.0 Å². The summed E-state index contributed by atoms with van der Waals surface area (Å²) < 4.78 is 31.0. The molecule has 1 saturated heterocycles. The molecule has 1 atom stereocenters. The van der Waals surface area contributed by atoms with Crippen LogP contribution in [-0.4, -0.2) is 29.9 Å². The van der Waals surface area contributed by atoms with E-state index in [1.54, 1.807) is 0 Å². The second kappa shape index (κ2) is 7.00. The van der Waals surface area contributed by atoms with Crippen LogP contribution in [0.25, 0.3) is 0 Å². The maximum atomic E-state index is 12.6. The Morgan fingerprint density at radius 1 is 1.27 bits per heavy atom. The Morgan fingerprint density at radius 3 is 2.82 bits per heavy atom. The summed E-state index contributed by atoms with van der Waals surface area (Å²) in [5.74, 6) is 1.23. The Hall–Kier alpha value is -1.76. The van der Waals surface area contributed by atoms with Gasteiger partial charge in [-0.15, -0.1) is 10.2 Å². The summed E-state index contributed by atoms with van der Waals surface area (Å²) in [5, 5.41) is 7.82. The van der Waals surface area contributed by atoms with Gasteiger partial charge in [0.1, 0.15) is 5.75 Å². The quantitative estimate of drug-likeness (QED) is 0.839. The van der Waals surface area contributed by atoms with Crippen molar-refractivity contribution in [2.24, 2.45) is 5.92 Å². The molecule has 1 aliphatic rings. The van der Waals surface area contributed by atoms with Crippen molar-refractivity contribution in [3.05, 3.63) is 35.3 Å². The molecule has 7 heteroatoms. The Balaban J connectivity index is 1.56. The lowest BCUT2D eigenvalue weighted by molar-refractivity contribution is 0.150. The number of para-hydroxylation sites is 1. The second-order valence-corrected chi connectivity index (χ2v) is 6.29. The zero-order chi connectivity index (χ0) is 15.4. The van der Waals surface area contributed by atoms with Gasteiger partial charge in [-0.1, -0.05) is 29.5 Å². The minimum atomic E-state index is -2.55. The molecule has 1 aromatic heterocycles. The van der Waals surface area contributed by atoms with Crippen LogP contribution >= 0.6 is 11.3 Å². The predicted octanol–water partition coefficient (Wildman–Crippen LogP) is 3.77. The van der Waals surface area contributed by atoms with Gasteiger partial charge < -0.3 is 9.64 Å². The van der Waals surface area contributed by atoms with E-state index >= 15 is 0 Å². The molecule has 22 heavy (non-hydrogen) atoms. The fourth-order valence-electron chi connectivity index (χ4n) is 2.55. The monoisotopic (exact) mass is 325 g/mol. The first kappa shape index (κ1) is 15.1. The third-order valence-corrected chi connectivity index (χ3v) is 4.63. The number of alkyl halides is 2. The van der Waals surface area contributed by atoms with Crippen molar-refractivity contribution in [3.63, 3.8) is 0 Å². The molecule has 0 aliphatic carbocycles. The molecule has 118 valence electrons. The van der Waals surface area contributed by atoms with Crippen LogP contribution in [-0.2, 0) is 0 Å². The zero-order valence-electron chi connectivity index (χ0n) is 12.0. The summed E-state index contributed by atoms with van der Waals surface area (Å²) in [7, 11) is 0. The van der Waals surface area contributed by atoms with E-state index in [1.807, 2.05) is 35.2 Å². The van der Waals surface area contributed by atoms with Gasteiger partial charge in [0.05, 0.1) is 6.61 Å². The summed E-state index contributed by atoms with van der Waals surface area (Å²) in [4.78, 5) is 2.03. The van der Waals surface area contributed by atoms with Crippen molar-refractivity contribution in [2.45, 2.75) is 19.3 Å². The van der Waals surface area contributed by atoms with Gasteiger partial charge in [0, 0.05) is 19.0 Å². The van der Waals surface area contributed by atoms with E-state index in [4.69, 9.17) is 4.74 Å². The van der Waals surface area contributed by atoms with Crippen molar-refractivity contribution < 1.29 is 13.5 Å². The number of hydrogen-bond donors (Lipinski definition) is 0. The Bertz CT molecular complexity index is 593. The molecule has 4 nitrogen and oxygen atoms in total. The Morgan fingerprint density at radius 2 is 2.09 bits per heavy atom. The van der Waals surface area contributed by atoms with Crippen molar-refractivity contribution in [3.8, 4) is 5.75 Å². The van der Waals surface area contributed by atoms with Gasteiger partial charge >= 0.3 is 0 Å². The topological polar surface area (TPSA) is 38.2 Å². The number of halogens is 2. The molecule has 2 heterocycles. The lowest BCUT2D eigenvalue weighted by atomic mass is 9.99. The molecule has 0 unspecified atom stereocenters. The average molecular weight is 325 g/mol. The van der Waals surface area contributed by atoms with Gasteiger partial charge in [0.2, 0.25) is 5.13 Å². The number of piperidine rings is 1. The fourth-order valence-corrected chi connectivity index (χ4v) is 3.28. The van der Waals surface area contributed by atoms with Crippen LogP contribution in [0.15, 0.2) is 30.3 Å². The van der Waals surface area contributed by atoms with Crippen LogP contribution in [0.1, 0.15) is 24.3 Å². The van der Waals surface area contributed by atoms with E-state index in [2.05, 4.69) is 10.2 Å². The lowest BCUT2D eigenvalue weighted by Crippen LogP contribution is -2.37. The molecule has 1 fully saturated rings. The van der Waals surface area contributed by atoms with Crippen molar-refractivity contribution in [1.29, 1.82) is 0 Å². The largest absolute Gasteiger partial charge is 0.493 e. The highest BCUT2D eigenvalue weighted by molar-refractivity contribution is 7.15. The average Bonchev–Trinajstić information content (AvgIpc) is 3.05. The number of hydrogen-bond acceptors (Lipinski definition) is 5. The third-order valence-electron chi connectivity index (χ3n) is 3.64. The normalized spacial score (nSPS) is 18.7. The molecule has 0 radical (unpaired) electrons. The summed E-state index contributed by atoms with van der Waals surface area (Å²) in [6, 6.07) is 9.69. The standard InChI is InChI=1S/C15H17F2N3OS/c16-13(17)14-18-19-15(22-14)20-8-4-5-11(9-20)10-21-12-6-2-1-3-7-12/h1-3,6-7,11,13H,4-5,8-10H2/t11-/m1/s1. The van der Waals surface area contributed by atoms with Crippen LogP contribution in [0.2, 0.25) is 0 Å². The van der Waals surface area contributed by atoms with E-state index < -0.39 is 6.43 Å². The molecule has 0 amide bonds. The molecule has 1 aromatic carbocycles. The van der Waals surface area contributed by atoms with Crippen LogP contribution in [0, 0.1) is 5.92 Å². The van der Waals surface area contributed by atoms with Crippen LogP contribution in [0.3, 0.4) is 0 Å². The second-order valence-electron chi connectivity index (χ2n) is 5.30.